The van der Waals surface area contributed by atoms with E-state index in [1.165, 1.54) is 17.2 Å². The maximum Gasteiger partial charge on any atom is 0.422 e. The first-order valence-corrected chi connectivity index (χ1v) is 7.71. The molecule has 10 heteroatoms. The topological polar surface area (TPSA) is 80.5 Å². The van der Waals surface area contributed by atoms with Crippen LogP contribution in [-0.2, 0) is 13.1 Å². The van der Waals surface area contributed by atoms with E-state index in [0.717, 1.165) is 5.56 Å². The van der Waals surface area contributed by atoms with E-state index in [9.17, 15) is 18.0 Å². The van der Waals surface area contributed by atoms with Gasteiger partial charge in [0.2, 0.25) is 5.88 Å². The normalized spacial score (nSPS) is 11.3. The molecular weight excluding hydrogens is 353 g/mol. The number of carbonyl (C=O) groups excluding carboxylic acids is 1. The van der Waals surface area contributed by atoms with Crippen LogP contribution in [-0.4, -0.2) is 40.9 Å². The van der Waals surface area contributed by atoms with Gasteiger partial charge in [-0.3, -0.25) is 0 Å². The van der Waals surface area contributed by atoms with Crippen molar-refractivity contribution in [3.05, 3.63) is 40.9 Å². The molecule has 2 rings (SSSR count). The molecule has 2 aromatic heterocycles. The fraction of sp³-hybridized carbons (Fsp3) is 0.438. The zero-order valence-electron chi connectivity index (χ0n) is 14.6. The summed E-state index contributed by atoms with van der Waals surface area (Å²) in [6, 6.07) is 2.68. The van der Waals surface area contributed by atoms with Crippen LogP contribution in [0, 0.1) is 13.8 Å². The fourth-order valence-corrected chi connectivity index (χ4v) is 2.18. The molecule has 0 fully saturated rings. The predicted molar refractivity (Wildman–Crippen MR) is 85.5 cm³/mol. The summed E-state index contributed by atoms with van der Waals surface area (Å²) in [5, 5.41) is 6.45. The molecule has 2 aromatic rings. The summed E-state index contributed by atoms with van der Waals surface area (Å²) in [6.45, 7) is 2.35. The second-order valence-electron chi connectivity index (χ2n) is 5.69. The lowest BCUT2D eigenvalue weighted by molar-refractivity contribution is -0.154. The van der Waals surface area contributed by atoms with Gasteiger partial charge in [0.25, 0.3) is 0 Å². The van der Waals surface area contributed by atoms with Gasteiger partial charge < -0.3 is 19.5 Å². The Morgan fingerprint density at radius 1 is 1.38 bits per heavy atom. The summed E-state index contributed by atoms with van der Waals surface area (Å²) in [6.07, 6.45) is -3.15. The number of aromatic nitrogens is 2. The molecule has 7 nitrogen and oxygen atoms in total. The number of urea groups is 1. The third-order valence-corrected chi connectivity index (χ3v) is 3.58. The number of hydrogen-bond donors (Lipinski definition) is 1. The van der Waals surface area contributed by atoms with Crippen molar-refractivity contribution >= 4 is 6.03 Å². The maximum absolute atomic E-state index is 12.3. The fourth-order valence-electron chi connectivity index (χ4n) is 2.18. The van der Waals surface area contributed by atoms with Crippen LogP contribution in [0.1, 0.15) is 22.6 Å². The highest BCUT2D eigenvalue weighted by molar-refractivity contribution is 5.74. The van der Waals surface area contributed by atoms with Crippen molar-refractivity contribution in [2.45, 2.75) is 33.1 Å². The number of ether oxygens (including phenoxy) is 1. The molecule has 0 saturated carbocycles. The lowest BCUT2D eigenvalue weighted by Crippen LogP contribution is -2.36. The van der Waals surface area contributed by atoms with Crippen molar-refractivity contribution in [3.63, 3.8) is 0 Å². The van der Waals surface area contributed by atoms with Gasteiger partial charge in [0.05, 0.1) is 12.2 Å². The Morgan fingerprint density at radius 3 is 2.73 bits per heavy atom. The van der Waals surface area contributed by atoms with E-state index in [1.807, 2.05) is 0 Å². The number of pyridine rings is 1. The minimum absolute atomic E-state index is 0.0220. The average molecular weight is 372 g/mol. The zero-order chi connectivity index (χ0) is 19.3. The first-order chi connectivity index (χ1) is 12.2. The summed E-state index contributed by atoms with van der Waals surface area (Å²) < 4.78 is 46.6. The molecule has 0 aromatic carbocycles. The van der Waals surface area contributed by atoms with Crippen molar-refractivity contribution in [1.82, 2.24) is 20.4 Å². The highest BCUT2D eigenvalue weighted by Crippen LogP contribution is 2.20. The van der Waals surface area contributed by atoms with Crippen molar-refractivity contribution < 1.29 is 27.2 Å². The summed E-state index contributed by atoms with van der Waals surface area (Å²) in [5.41, 5.74) is 1.84. The standard InChI is InChI=1S/C16H19F3N4O3/c1-10-13(11(2)26-22-10)8-23(3)15(24)21-7-12-5-4-6-20-14(12)25-9-16(17,18)19/h4-6H,7-9H2,1-3H3,(H,21,24). The van der Waals surface area contributed by atoms with Crippen LogP contribution >= 0.6 is 0 Å². The molecular formula is C16H19F3N4O3. The first kappa shape index (κ1) is 19.5. The Balaban J connectivity index is 1.94. The quantitative estimate of drug-likeness (QED) is 0.843. The lowest BCUT2D eigenvalue weighted by Gasteiger charge is -2.18. The molecule has 2 heterocycles. The Kier molecular flexibility index (Phi) is 6.06. The van der Waals surface area contributed by atoms with Crippen molar-refractivity contribution in [2.24, 2.45) is 0 Å². The lowest BCUT2D eigenvalue weighted by atomic mass is 10.2. The van der Waals surface area contributed by atoms with Gasteiger partial charge in [-0.05, 0) is 19.9 Å². The van der Waals surface area contributed by atoms with Gasteiger partial charge in [0.15, 0.2) is 6.61 Å². The van der Waals surface area contributed by atoms with Crippen LogP contribution in [0.3, 0.4) is 0 Å². The van der Waals surface area contributed by atoms with Gasteiger partial charge in [-0.2, -0.15) is 13.2 Å². The number of nitrogens with zero attached hydrogens (tertiary/aromatic N) is 3. The second-order valence-corrected chi connectivity index (χ2v) is 5.69. The van der Waals surface area contributed by atoms with Gasteiger partial charge in [0, 0.05) is 30.9 Å². The molecule has 0 aliphatic carbocycles. The molecule has 0 bridgehead atoms. The van der Waals surface area contributed by atoms with Gasteiger partial charge in [-0.15, -0.1) is 0 Å². The summed E-state index contributed by atoms with van der Waals surface area (Å²) in [4.78, 5) is 17.4. The minimum atomic E-state index is -4.47. The number of rotatable bonds is 6. The maximum atomic E-state index is 12.3. The highest BCUT2D eigenvalue weighted by Gasteiger charge is 2.29. The Bertz CT molecular complexity index is 742. The molecule has 2 amide bonds. The number of nitrogens with one attached hydrogen (secondary N) is 1. The second kappa shape index (κ2) is 8.07. The average Bonchev–Trinajstić information content (AvgIpc) is 2.89. The van der Waals surface area contributed by atoms with E-state index in [0.29, 0.717) is 17.0 Å². The molecule has 0 spiro atoms. The molecule has 0 atom stereocenters. The minimum Gasteiger partial charge on any atom is -0.468 e. The summed E-state index contributed by atoms with van der Waals surface area (Å²) >= 11 is 0. The SMILES string of the molecule is Cc1noc(C)c1CN(C)C(=O)NCc1cccnc1OCC(F)(F)F. The van der Waals surface area contributed by atoms with Crippen molar-refractivity contribution in [3.8, 4) is 5.88 Å². The molecule has 0 unspecified atom stereocenters. The van der Waals surface area contributed by atoms with E-state index >= 15 is 0 Å². The zero-order valence-corrected chi connectivity index (χ0v) is 14.6. The number of amides is 2. The smallest absolute Gasteiger partial charge is 0.422 e. The van der Waals surface area contributed by atoms with Crippen LogP contribution in [0.25, 0.3) is 0 Å². The molecule has 26 heavy (non-hydrogen) atoms. The largest absolute Gasteiger partial charge is 0.468 e. The van der Waals surface area contributed by atoms with E-state index in [2.05, 4.69) is 20.2 Å². The summed E-state index contributed by atoms with van der Waals surface area (Å²) in [7, 11) is 1.59. The van der Waals surface area contributed by atoms with E-state index in [1.54, 1.807) is 27.0 Å². The first-order valence-electron chi connectivity index (χ1n) is 7.71. The Labute approximate surface area is 148 Å². The van der Waals surface area contributed by atoms with Gasteiger partial charge in [-0.1, -0.05) is 11.2 Å². The van der Waals surface area contributed by atoms with Crippen molar-refractivity contribution in [2.75, 3.05) is 13.7 Å². The predicted octanol–water partition coefficient (Wildman–Crippen LogP) is 2.97. The van der Waals surface area contributed by atoms with Crippen LogP contribution < -0.4 is 10.1 Å². The highest BCUT2D eigenvalue weighted by atomic mass is 19.4. The molecule has 0 aliphatic heterocycles. The van der Waals surface area contributed by atoms with Crippen LogP contribution in [0.15, 0.2) is 22.9 Å². The van der Waals surface area contributed by atoms with Crippen LogP contribution in [0.4, 0.5) is 18.0 Å². The van der Waals surface area contributed by atoms with Gasteiger partial charge >= 0.3 is 12.2 Å². The Morgan fingerprint density at radius 2 is 2.12 bits per heavy atom. The van der Waals surface area contributed by atoms with Crippen LogP contribution in [0.5, 0.6) is 5.88 Å². The molecule has 1 N–H and O–H groups in total. The number of halogens is 3. The van der Waals surface area contributed by atoms with Crippen LogP contribution in [0.2, 0.25) is 0 Å². The number of aryl methyl sites for hydroxylation is 2. The Hall–Kier alpha value is -2.78. The van der Waals surface area contributed by atoms with E-state index < -0.39 is 18.8 Å². The number of hydrogen-bond acceptors (Lipinski definition) is 5. The van der Waals surface area contributed by atoms with Crippen molar-refractivity contribution in [1.29, 1.82) is 0 Å². The van der Waals surface area contributed by atoms with Gasteiger partial charge in [-0.25, -0.2) is 9.78 Å². The molecule has 142 valence electrons. The van der Waals surface area contributed by atoms with E-state index in [4.69, 9.17) is 4.52 Å². The summed E-state index contributed by atoms with van der Waals surface area (Å²) in [5.74, 6) is 0.454. The number of carbonyl (C=O) groups is 1. The third kappa shape index (κ3) is 5.36. The monoisotopic (exact) mass is 372 g/mol. The molecule has 0 aliphatic rings. The number of alkyl halides is 3. The molecule has 0 saturated heterocycles. The van der Waals surface area contributed by atoms with E-state index in [-0.39, 0.29) is 19.0 Å². The third-order valence-electron chi connectivity index (χ3n) is 3.58. The molecule has 0 radical (unpaired) electrons. The van der Waals surface area contributed by atoms with Gasteiger partial charge in [0.1, 0.15) is 5.76 Å².